The number of hydrogen-bond donors (Lipinski definition) is 1. The quantitative estimate of drug-likeness (QED) is 0.632. The zero-order chi connectivity index (χ0) is 21.4. The van der Waals surface area contributed by atoms with Gasteiger partial charge in [0, 0.05) is 31.0 Å². The molecule has 0 spiro atoms. The van der Waals surface area contributed by atoms with Crippen LogP contribution in [0.2, 0.25) is 0 Å². The van der Waals surface area contributed by atoms with Crippen LogP contribution in [0.5, 0.6) is 5.88 Å². The van der Waals surface area contributed by atoms with Gasteiger partial charge >= 0.3 is 6.18 Å². The lowest BCUT2D eigenvalue weighted by Gasteiger charge is -2.44. The maximum atomic E-state index is 13.7. The minimum absolute atomic E-state index is 0. The second-order valence-electron chi connectivity index (χ2n) is 8.33. The van der Waals surface area contributed by atoms with E-state index in [0.29, 0.717) is 29.6 Å². The second-order valence-corrected chi connectivity index (χ2v) is 8.33. The molecule has 3 aromatic rings. The molecule has 2 aliphatic heterocycles. The van der Waals surface area contributed by atoms with Gasteiger partial charge < -0.3 is 4.74 Å². The first-order valence-electron chi connectivity index (χ1n) is 10.8. The largest absolute Gasteiger partial charge is 0.477 e. The molecule has 166 valence electrons. The van der Waals surface area contributed by atoms with Crippen LogP contribution < -0.4 is 4.74 Å². The SMILES string of the molecule is FC(F)(F)c1ccc(OC[C@@H]2CCCN3CCCC[C@@H]23)nc1-c1[nH]nc2ncccc12.[HH]. The van der Waals surface area contributed by atoms with E-state index in [1.54, 1.807) is 18.3 Å². The summed E-state index contributed by atoms with van der Waals surface area (Å²) in [6, 6.07) is 6.18. The first-order chi connectivity index (χ1) is 15.0. The summed E-state index contributed by atoms with van der Waals surface area (Å²) < 4.78 is 47.1. The van der Waals surface area contributed by atoms with E-state index in [9.17, 15) is 13.2 Å². The molecule has 0 saturated carbocycles. The summed E-state index contributed by atoms with van der Waals surface area (Å²) in [5.41, 5.74) is -0.510. The molecule has 2 fully saturated rings. The number of nitrogens with zero attached hydrogens (tertiary/aromatic N) is 4. The van der Waals surface area contributed by atoms with E-state index < -0.39 is 11.7 Å². The minimum Gasteiger partial charge on any atom is -0.477 e. The molecular weight excluding hydrogens is 407 g/mol. The number of H-pyrrole nitrogens is 1. The highest BCUT2D eigenvalue weighted by Crippen LogP contribution is 2.38. The Hall–Kier alpha value is -2.68. The molecule has 5 heterocycles. The molecule has 31 heavy (non-hydrogen) atoms. The van der Waals surface area contributed by atoms with E-state index in [4.69, 9.17) is 4.74 Å². The van der Waals surface area contributed by atoms with E-state index in [2.05, 4.69) is 25.1 Å². The number of nitrogens with one attached hydrogen (secondary N) is 1. The molecule has 0 aromatic carbocycles. The lowest BCUT2D eigenvalue weighted by molar-refractivity contribution is -0.137. The van der Waals surface area contributed by atoms with Crippen molar-refractivity contribution in [1.82, 2.24) is 25.1 Å². The minimum atomic E-state index is -4.55. The van der Waals surface area contributed by atoms with Crippen LogP contribution in [0.1, 0.15) is 39.1 Å². The van der Waals surface area contributed by atoms with Crippen molar-refractivity contribution in [1.29, 1.82) is 0 Å². The van der Waals surface area contributed by atoms with Crippen molar-refractivity contribution in [3.05, 3.63) is 36.0 Å². The molecule has 0 amide bonds. The highest BCUT2D eigenvalue weighted by atomic mass is 19.4. The number of ether oxygens (including phenoxy) is 1. The first-order valence-corrected chi connectivity index (χ1v) is 10.8. The third-order valence-corrected chi connectivity index (χ3v) is 6.42. The zero-order valence-electron chi connectivity index (χ0n) is 17.0. The van der Waals surface area contributed by atoms with E-state index in [-0.39, 0.29) is 18.7 Å². The van der Waals surface area contributed by atoms with Crippen molar-refractivity contribution in [2.45, 2.75) is 44.3 Å². The standard InChI is InChI=1S/C22H24F3N5O.H2/c23-22(24,25)16-8-9-18(27-20(16)19-15-6-3-10-26-21(15)29-28-19)31-13-14-5-4-12-30-11-2-1-7-17(14)30;/h3,6,8-10,14,17H,1-2,4-5,7,11-13H2,(H,26,28,29);1H/t14-,17-;/m0./s1. The van der Waals surface area contributed by atoms with Crippen LogP contribution in [0.4, 0.5) is 13.2 Å². The summed E-state index contributed by atoms with van der Waals surface area (Å²) in [5.74, 6) is 0.571. The average molecular weight is 433 g/mol. The highest BCUT2D eigenvalue weighted by Gasteiger charge is 2.36. The van der Waals surface area contributed by atoms with Crippen LogP contribution in [0.3, 0.4) is 0 Å². The van der Waals surface area contributed by atoms with Crippen molar-refractivity contribution in [2.24, 2.45) is 5.92 Å². The Bertz CT molecular complexity index is 1070. The van der Waals surface area contributed by atoms with Crippen molar-refractivity contribution < 1.29 is 19.3 Å². The van der Waals surface area contributed by atoms with Crippen LogP contribution in [0.25, 0.3) is 22.4 Å². The number of pyridine rings is 2. The molecule has 0 aliphatic carbocycles. The van der Waals surface area contributed by atoms with Gasteiger partial charge in [0.1, 0.15) is 5.69 Å². The summed E-state index contributed by atoms with van der Waals surface area (Å²) in [4.78, 5) is 10.9. The monoisotopic (exact) mass is 433 g/mol. The molecule has 0 radical (unpaired) electrons. The van der Waals surface area contributed by atoms with Gasteiger partial charge in [-0.1, -0.05) is 6.42 Å². The van der Waals surface area contributed by atoms with Gasteiger partial charge in [-0.2, -0.15) is 18.3 Å². The molecule has 3 aromatic heterocycles. The zero-order valence-corrected chi connectivity index (χ0v) is 17.0. The Balaban J connectivity index is 0.00000245. The lowest BCUT2D eigenvalue weighted by Crippen LogP contribution is -2.49. The van der Waals surface area contributed by atoms with Gasteiger partial charge in [-0.3, -0.25) is 10.00 Å². The molecular formula is C22H26F3N5O. The van der Waals surface area contributed by atoms with Crippen molar-refractivity contribution in [3.8, 4) is 17.3 Å². The Kier molecular flexibility index (Phi) is 5.29. The highest BCUT2D eigenvalue weighted by molar-refractivity contribution is 5.90. The number of piperidine rings is 2. The Morgan fingerprint density at radius 2 is 2.00 bits per heavy atom. The molecule has 2 aliphatic rings. The van der Waals surface area contributed by atoms with Crippen LogP contribution in [-0.4, -0.2) is 50.8 Å². The van der Waals surface area contributed by atoms with Gasteiger partial charge in [0.2, 0.25) is 5.88 Å². The van der Waals surface area contributed by atoms with Gasteiger partial charge in [0.05, 0.1) is 17.9 Å². The fourth-order valence-electron chi connectivity index (χ4n) is 4.94. The predicted molar refractivity (Wildman–Crippen MR) is 112 cm³/mol. The molecule has 6 nitrogen and oxygen atoms in total. The Morgan fingerprint density at radius 1 is 1.13 bits per heavy atom. The van der Waals surface area contributed by atoms with Gasteiger partial charge in [-0.25, -0.2) is 9.97 Å². The molecule has 2 saturated heterocycles. The number of halogens is 3. The average Bonchev–Trinajstić information content (AvgIpc) is 3.21. The summed E-state index contributed by atoms with van der Waals surface area (Å²) >= 11 is 0. The van der Waals surface area contributed by atoms with Gasteiger partial charge in [0.15, 0.2) is 5.65 Å². The van der Waals surface area contributed by atoms with E-state index in [1.165, 1.54) is 18.9 Å². The van der Waals surface area contributed by atoms with Crippen LogP contribution in [0, 0.1) is 5.92 Å². The molecule has 1 N–H and O–H groups in total. The van der Waals surface area contributed by atoms with E-state index >= 15 is 0 Å². The lowest BCUT2D eigenvalue weighted by atomic mass is 9.84. The summed E-state index contributed by atoms with van der Waals surface area (Å²) in [6.07, 6.45) is 2.82. The summed E-state index contributed by atoms with van der Waals surface area (Å²) in [6.45, 7) is 2.72. The summed E-state index contributed by atoms with van der Waals surface area (Å²) in [7, 11) is 0. The normalized spacial score (nSPS) is 22.4. The second kappa shape index (κ2) is 8.11. The van der Waals surface area contributed by atoms with Crippen LogP contribution in [-0.2, 0) is 6.18 Å². The van der Waals surface area contributed by atoms with Crippen LogP contribution >= 0.6 is 0 Å². The number of fused-ring (bicyclic) bond motifs is 2. The number of aromatic amines is 1. The molecule has 9 heteroatoms. The van der Waals surface area contributed by atoms with Crippen LogP contribution in [0.15, 0.2) is 30.5 Å². The fraction of sp³-hybridized carbons (Fsp3) is 0.500. The van der Waals surface area contributed by atoms with E-state index in [0.717, 1.165) is 38.4 Å². The molecule has 0 bridgehead atoms. The Morgan fingerprint density at radius 3 is 2.87 bits per heavy atom. The topological polar surface area (TPSA) is 66.9 Å². The Labute approximate surface area is 179 Å². The number of rotatable bonds is 4. The molecule has 0 unspecified atom stereocenters. The first kappa shape index (κ1) is 20.2. The van der Waals surface area contributed by atoms with Crippen molar-refractivity contribution in [2.75, 3.05) is 19.7 Å². The van der Waals surface area contributed by atoms with E-state index in [1.807, 2.05) is 0 Å². The van der Waals surface area contributed by atoms with Crippen molar-refractivity contribution in [3.63, 3.8) is 0 Å². The number of hydrogen-bond acceptors (Lipinski definition) is 5. The predicted octanol–water partition coefficient (Wildman–Crippen LogP) is 4.93. The fourth-order valence-corrected chi connectivity index (χ4v) is 4.94. The van der Waals surface area contributed by atoms with Gasteiger partial charge in [-0.05, 0) is 57.0 Å². The molecule has 2 atom stereocenters. The molecule has 5 rings (SSSR count). The number of alkyl halides is 3. The van der Waals surface area contributed by atoms with Crippen molar-refractivity contribution >= 4 is 11.0 Å². The third kappa shape index (κ3) is 3.98. The smallest absolute Gasteiger partial charge is 0.418 e. The van der Waals surface area contributed by atoms with Gasteiger partial charge in [0.25, 0.3) is 0 Å². The van der Waals surface area contributed by atoms with Gasteiger partial charge in [-0.15, -0.1) is 0 Å². The number of aromatic nitrogens is 4. The maximum Gasteiger partial charge on any atom is 0.418 e. The maximum absolute atomic E-state index is 13.7. The third-order valence-electron chi connectivity index (χ3n) is 6.42. The summed E-state index contributed by atoms with van der Waals surface area (Å²) in [5, 5.41) is 7.19.